The normalized spacial score (nSPS) is 9.82. The van der Waals surface area contributed by atoms with Crippen molar-refractivity contribution in [1.29, 1.82) is 0 Å². The maximum atomic E-state index is 11.7. The summed E-state index contributed by atoms with van der Waals surface area (Å²) in [7, 11) is 3.05. The van der Waals surface area contributed by atoms with Crippen LogP contribution in [0, 0.1) is 0 Å². The Morgan fingerprint density at radius 1 is 1.29 bits per heavy atom. The van der Waals surface area contributed by atoms with Crippen LogP contribution in [0.15, 0.2) is 18.2 Å². The molecular formula is C11H16N2O4. The van der Waals surface area contributed by atoms with Gasteiger partial charge in [-0.2, -0.15) is 0 Å². The van der Waals surface area contributed by atoms with Crippen molar-refractivity contribution in [3.63, 3.8) is 0 Å². The third kappa shape index (κ3) is 3.61. The summed E-state index contributed by atoms with van der Waals surface area (Å²) in [6.45, 7) is 0.614. The van der Waals surface area contributed by atoms with E-state index in [4.69, 9.17) is 15.4 Å². The van der Waals surface area contributed by atoms with Crippen molar-refractivity contribution < 1.29 is 19.1 Å². The Balaban J connectivity index is 2.74. The van der Waals surface area contributed by atoms with E-state index in [1.165, 1.54) is 14.2 Å². The molecule has 0 aliphatic rings. The molecule has 1 aromatic rings. The number of nitrogens with one attached hydrogen (secondary N) is 1. The fourth-order valence-electron chi connectivity index (χ4n) is 1.30. The van der Waals surface area contributed by atoms with Crippen molar-refractivity contribution in [2.45, 2.75) is 0 Å². The molecule has 0 aliphatic carbocycles. The van der Waals surface area contributed by atoms with E-state index in [-0.39, 0.29) is 12.5 Å². The van der Waals surface area contributed by atoms with Crippen LogP contribution in [-0.2, 0) is 4.84 Å². The summed E-state index contributed by atoms with van der Waals surface area (Å²) in [6, 6.07) is 4.94. The molecule has 0 saturated heterocycles. The van der Waals surface area contributed by atoms with Crippen LogP contribution in [-0.4, -0.2) is 33.3 Å². The topological polar surface area (TPSA) is 82.8 Å². The third-order valence-electron chi connectivity index (χ3n) is 2.15. The highest BCUT2D eigenvalue weighted by molar-refractivity contribution is 5.94. The van der Waals surface area contributed by atoms with Gasteiger partial charge in [-0.25, -0.2) is 5.90 Å². The quantitative estimate of drug-likeness (QED) is 0.553. The van der Waals surface area contributed by atoms with Gasteiger partial charge in [0.15, 0.2) is 11.5 Å². The van der Waals surface area contributed by atoms with E-state index >= 15 is 0 Å². The third-order valence-corrected chi connectivity index (χ3v) is 2.15. The Labute approximate surface area is 99.6 Å². The standard InChI is InChI=1S/C11H16N2O4/c1-15-9-4-3-8(7-10(9)16-2)11(14)13-5-6-17-12/h3-4,7H,5-6,12H2,1-2H3,(H,13,14). The number of hydrogen-bond donors (Lipinski definition) is 2. The number of benzene rings is 1. The van der Waals surface area contributed by atoms with Crippen LogP contribution in [0.25, 0.3) is 0 Å². The van der Waals surface area contributed by atoms with E-state index in [9.17, 15) is 4.79 Å². The minimum atomic E-state index is -0.219. The molecule has 3 N–H and O–H groups in total. The summed E-state index contributed by atoms with van der Waals surface area (Å²) in [5.41, 5.74) is 0.486. The molecule has 94 valence electrons. The second kappa shape index (κ2) is 6.72. The van der Waals surface area contributed by atoms with Crippen molar-refractivity contribution in [2.24, 2.45) is 5.90 Å². The molecule has 0 fully saturated rings. The number of hydrogen-bond acceptors (Lipinski definition) is 5. The molecule has 0 heterocycles. The number of nitrogens with two attached hydrogens (primary N) is 1. The van der Waals surface area contributed by atoms with E-state index in [0.29, 0.717) is 23.6 Å². The summed E-state index contributed by atoms with van der Waals surface area (Å²) in [5.74, 6) is 5.72. The SMILES string of the molecule is COc1ccc(C(=O)NCCON)cc1OC. The van der Waals surface area contributed by atoms with Gasteiger partial charge in [-0.15, -0.1) is 0 Å². The lowest BCUT2D eigenvalue weighted by Gasteiger charge is -2.09. The van der Waals surface area contributed by atoms with Gasteiger partial charge >= 0.3 is 0 Å². The monoisotopic (exact) mass is 240 g/mol. The second-order valence-electron chi connectivity index (χ2n) is 3.20. The van der Waals surface area contributed by atoms with Crippen LogP contribution in [0.3, 0.4) is 0 Å². The molecule has 0 saturated carbocycles. The molecule has 0 bridgehead atoms. The van der Waals surface area contributed by atoms with E-state index < -0.39 is 0 Å². The molecule has 6 nitrogen and oxygen atoms in total. The lowest BCUT2D eigenvalue weighted by molar-refractivity contribution is 0.0916. The lowest BCUT2D eigenvalue weighted by atomic mass is 10.2. The van der Waals surface area contributed by atoms with Gasteiger partial charge in [0.2, 0.25) is 0 Å². The molecule has 0 radical (unpaired) electrons. The van der Waals surface area contributed by atoms with Crippen LogP contribution in [0.1, 0.15) is 10.4 Å². The van der Waals surface area contributed by atoms with Gasteiger partial charge in [0.05, 0.1) is 20.8 Å². The highest BCUT2D eigenvalue weighted by Gasteiger charge is 2.09. The largest absolute Gasteiger partial charge is 0.493 e. The number of rotatable bonds is 6. The first kappa shape index (κ1) is 13.3. The number of amides is 1. The van der Waals surface area contributed by atoms with Crippen molar-refractivity contribution >= 4 is 5.91 Å². The number of carbonyl (C=O) groups is 1. The van der Waals surface area contributed by atoms with Crippen molar-refractivity contribution in [3.05, 3.63) is 23.8 Å². The molecule has 1 rings (SSSR count). The summed E-state index contributed by atoms with van der Waals surface area (Å²) in [5, 5.41) is 2.65. The Bertz CT molecular complexity index is 382. The summed E-state index contributed by atoms with van der Waals surface area (Å²) in [4.78, 5) is 16.0. The second-order valence-corrected chi connectivity index (χ2v) is 3.20. The van der Waals surface area contributed by atoms with Gasteiger partial charge in [0.1, 0.15) is 0 Å². The van der Waals surface area contributed by atoms with Crippen molar-refractivity contribution in [2.75, 3.05) is 27.4 Å². The molecule has 0 unspecified atom stereocenters. The van der Waals surface area contributed by atoms with E-state index in [0.717, 1.165) is 0 Å². The van der Waals surface area contributed by atoms with Gasteiger partial charge in [-0.05, 0) is 18.2 Å². The summed E-state index contributed by atoms with van der Waals surface area (Å²) >= 11 is 0. The molecule has 0 aromatic heterocycles. The van der Waals surface area contributed by atoms with Crippen molar-refractivity contribution in [3.8, 4) is 11.5 Å². The predicted octanol–water partition coefficient (Wildman–Crippen LogP) is 0.324. The van der Waals surface area contributed by atoms with Gasteiger partial charge in [-0.3, -0.25) is 4.79 Å². The number of ether oxygens (including phenoxy) is 2. The van der Waals surface area contributed by atoms with Crippen LogP contribution in [0.5, 0.6) is 11.5 Å². The van der Waals surface area contributed by atoms with E-state index in [1.807, 2.05) is 0 Å². The first-order valence-electron chi connectivity index (χ1n) is 5.04. The first-order valence-corrected chi connectivity index (χ1v) is 5.04. The van der Waals surface area contributed by atoms with E-state index in [2.05, 4.69) is 10.2 Å². The van der Waals surface area contributed by atoms with Crippen LogP contribution in [0.4, 0.5) is 0 Å². The molecule has 6 heteroatoms. The minimum absolute atomic E-state index is 0.219. The fourth-order valence-corrected chi connectivity index (χ4v) is 1.30. The Morgan fingerprint density at radius 2 is 2.00 bits per heavy atom. The smallest absolute Gasteiger partial charge is 0.251 e. The maximum Gasteiger partial charge on any atom is 0.251 e. The van der Waals surface area contributed by atoms with Crippen LogP contribution >= 0.6 is 0 Å². The van der Waals surface area contributed by atoms with Gasteiger partial charge in [0, 0.05) is 12.1 Å². The highest BCUT2D eigenvalue weighted by atomic mass is 16.6. The molecule has 0 atom stereocenters. The molecule has 0 aliphatic heterocycles. The number of methoxy groups -OCH3 is 2. The lowest BCUT2D eigenvalue weighted by Crippen LogP contribution is -2.28. The average molecular weight is 240 g/mol. The van der Waals surface area contributed by atoms with Crippen molar-refractivity contribution in [1.82, 2.24) is 5.32 Å². The Kier molecular flexibility index (Phi) is 5.25. The van der Waals surface area contributed by atoms with Gasteiger partial charge < -0.3 is 19.6 Å². The zero-order chi connectivity index (χ0) is 12.7. The average Bonchev–Trinajstić information content (AvgIpc) is 2.38. The summed E-state index contributed by atoms with van der Waals surface area (Å²) in [6.07, 6.45) is 0. The van der Waals surface area contributed by atoms with Crippen LogP contribution in [0.2, 0.25) is 0 Å². The molecule has 17 heavy (non-hydrogen) atoms. The Hall–Kier alpha value is -1.79. The summed E-state index contributed by atoms with van der Waals surface area (Å²) < 4.78 is 10.2. The van der Waals surface area contributed by atoms with E-state index in [1.54, 1.807) is 18.2 Å². The molecule has 0 spiro atoms. The molecule has 1 aromatic carbocycles. The maximum absolute atomic E-state index is 11.7. The first-order chi connectivity index (χ1) is 8.22. The van der Waals surface area contributed by atoms with Crippen LogP contribution < -0.4 is 20.7 Å². The predicted molar refractivity (Wildman–Crippen MR) is 62.0 cm³/mol. The molecular weight excluding hydrogens is 224 g/mol. The number of carbonyl (C=O) groups excluding carboxylic acids is 1. The highest BCUT2D eigenvalue weighted by Crippen LogP contribution is 2.27. The zero-order valence-corrected chi connectivity index (χ0v) is 9.86. The minimum Gasteiger partial charge on any atom is -0.493 e. The zero-order valence-electron chi connectivity index (χ0n) is 9.86. The fraction of sp³-hybridized carbons (Fsp3) is 0.364. The Morgan fingerprint density at radius 3 is 2.59 bits per heavy atom. The van der Waals surface area contributed by atoms with Gasteiger partial charge in [-0.1, -0.05) is 0 Å². The molecule has 1 amide bonds. The van der Waals surface area contributed by atoms with Gasteiger partial charge in [0.25, 0.3) is 5.91 Å².